The Morgan fingerprint density at radius 3 is 2.58 bits per heavy atom. The monoisotopic (exact) mass is 442 g/mol. The van der Waals surface area contributed by atoms with Crippen LogP contribution in [0.5, 0.6) is 0 Å². The van der Waals surface area contributed by atoms with E-state index >= 15 is 0 Å². The van der Waals surface area contributed by atoms with Gasteiger partial charge in [-0.3, -0.25) is 9.79 Å². The SMILES string of the molecule is O=C(CCCO)c1ccc(-c2ccc3c(c2)C(c2cc(N4CCOCC4)ncn2)=NC3)cc1. The number of nitrogens with zero attached hydrogens (tertiary/aromatic N) is 4. The number of morpholine rings is 1. The van der Waals surface area contributed by atoms with Crippen LogP contribution in [0.25, 0.3) is 11.1 Å². The second-order valence-electron chi connectivity index (χ2n) is 8.23. The summed E-state index contributed by atoms with van der Waals surface area (Å²) in [5.74, 6) is 0.955. The number of aliphatic hydroxyl groups excluding tert-OH is 1. The molecule has 0 amide bonds. The first-order chi connectivity index (χ1) is 16.2. The van der Waals surface area contributed by atoms with Gasteiger partial charge in [-0.15, -0.1) is 0 Å². The molecule has 2 aromatic carbocycles. The van der Waals surface area contributed by atoms with Crippen LogP contribution in [0.2, 0.25) is 0 Å². The molecular formula is C26H26N4O3. The van der Waals surface area contributed by atoms with Crippen molar-refractivity contribution in [3.8, 4) is 11.1 Å². The van der Waals surface area contributed by atoms with E-state index in [0.717, 1.165) is 47.0 Å². The highest BCUT2D eigenvalue weighted by atomic mass is 16.5. The lowest BCUT2D eigenvalue weighted by Crippen LogP contribution is -2.36. The summed E-state index contributed by atoms with van der Waals surface area (Å²) in [5.41, 5.74) is 6.76. The number of aliphatic imine (C=N–C) groups is 1. The third-order valence-electron chi connectivity index (χ3n) is 6.11. The molecule has 1 fully saturated rings. The van der Waals surface area contributed by atoms with Crippen molar-refractivity contribution in [2.75, 3.05) is 37.8 Å². The molecule has 1 saturated heterocycles. The molecule has 0 aliphatic carbocycles. The molecule has 3 aromatic rings. The van der Waals surface area contributed by atoms with Gasteiger partial charge in [0.05, 0.1) is 31.2 Å². The first-order valence-electron chi connectivity index (χ1n) is 11.3. The smallest absolute Gasteiger partial charge is 0.162 e. The number of hydrogen-bond donors (Lipinski definition) is 1. The van der Waals surface area contributed by atoms with Crippen molar-refractivity contribution in [1.82, 2.24) is 9.97 Å². The van der Waals surface area contributed by atoms with Crippen LogP contribution in [-0.4, -0.2) is 59.5 Å². The van der Waals surface area contributed by atoms with Crippen molar-refractivity contribution in [2.24, 2.45) is 4.99 Å². The minimum Gasteiger partial charge on any atom is -0.396 e. The minimum absolute atomic E-state index is 0.0309. The van der Waals surface area contributed by atoms with E-state index in [9.17, 15) is 4.79 Å². The third kappa shape index (κ3) is 4.55. The number of carbonyl (C=O) groups excluding carboxylic acids is 1. The van der Waals surface area contributed by atoms with E-state index in [2.05, 4.69) is 33.1 Å². The van der Waals surface area contributed by atoms with Crippen LogP contribution in [0, 0.1) is 0 Å². The lowest BCUT2D eigenvalue weighted by molar-refractivity contribution is 0.0971. The zero-order valence-electron chi connectivity index (χ0n) is 18.4. The number of ether oxygens (including phenoxy) is 1. The molecule has 2 aliphatic heterocycles. The molecule has 7 nitrogen and oxygen atoms in total. The molecule has 3 heterocycles. The van der Waals surface area contributed by atoms with Gasteiger partial charge in [-0.2, -0.15) is 0 Å². The van der Waals surface area contributed by atoms with Crippen molar-refractivity contribution in [1.29, 1.82) is 0 Å². The van der Waals surface area contributed by atoms with Gasteiger partial charge in [0.25, 0.3) is 0 Å². The molecule has 0 saturated carbocycles. The van der Waals surface area contributed by atoms with Gasteiger partial charge in [0.15, 0.2) is 5.78 Å². The van der Waals surface area contributed by atoms with Crippen molar-refractivity contribution in [3.05, 3.63) is 77.2 Å². The molecule has 7 heteroatoms. The van der Waals surface area contributed by atoms with E-state index in [1.54, 1.807) is 6.33 Å². The van der Waals surface area contributed by atoms with Crippen LogP contribution in [0.3, 0.4) is 0 Å². The molecular weight excluding hydrogens is 416 g/mol. The fourth-order valence-electron chi connectivity index (χ4n) is 4.26. The Kier molecular flexibility index (Phi) is 6.24. The summed E-state index contributed by atoms with van der Waals surface area (Å²) in [4.78, 5) is 28.2. The van der Waals surface area contributed by atoms with Gasteiger partial charge >= 0.3 is 0 Å². The number of anilines is 1. The van der Waals surface area contributed by atoms with Crippen LogP contribution < -0.4 is 4.90 Å². The Morgan fingerprint density at radius 1 is 1.00 bits per heavy atom. The number of aromatic nitrogens is 2. The summed E-state index contributed by atoms with van der Waals surface area (Å²) in [6, 6.07) is 16.0. The average molecular weight is 443 g/mol. The largest absolute Gasteiger partial charge is 0.396 e. The summed E-state index contributed by atoms with van der Waals surface area (Å²) in [6.07, 6.45) is 2.46. The highest BCUT2D eigenvalue weighted by Gasteiger charge is 2.21. The molecule has 0 spiro atoms. The molecule has 1 aromatic heterocycles. The third-order valence-corrected chi connectivity index (χ3v) is 6.11. The van der Waals surface area contributed by atoms with Crippen molar-refractivity contribution in [2.45, 2.75) is 19.4 Å². The van der Waals surface area contributed by atoms with E-state index < -0.39 is 0 Å². The van der Waals surface area contributed by atoms with Gasteiger partial charge in [-0.1, -0.05) is 36.4 Å². The van der Waals surface area contributed by atoms with Gasteiger partial charge in [0, 0.05) is 43.3 Å². The molecule has 0 bridgehead atoms. The molecule has 1 N–H and O–H groups in total. The van der Waals surface area contributed by atoms with Gasteiger partial charge in [-0.05, 0) is 29.2 Å². The standard InChI is InChI=1S/C26H26N4O3/c31-11-1-2-24(32)19-5-3-18(4-6-19)20-7-8-21-16-27-26(22(21)14-20)23-15-25(29-17-28-23)30-9-12-33-13-10-30/h3-8,14-15,17,31H,1-2,9-13,16H2. The Hall–Kier alpha value is -3.42. The minimum atomic E-state index is 0.0309. The number of carbonyl (C=O) groups is 1. The molecule has 33 heavy (non-hydrogen) atoms. The van der Waals surface area contributed by atoms with Gasteiger partial charge < -0.3 is 14.7 Å². The number of ketones is 1. The van der Waals surface area contributed by atoms with Crippen LogP contribution in [0.15, 0.2) is 59.9 Å². The summed E-state index contributed by atoms with van der Waals surface area (Å²) >= 11 is 0. The maximum atomic E-state index is 12.2. The van der Waals surface area contributed by atoms with E-state index in [1.165, 1.54) is 5.56 Å². The molecule has 2 aliphatic rings. The summed E-state index contributed by atoms with van der Waals surface area (Å²) in [7, 11) is 0. The summed E-state index contributed by atoms with van der Waals surface area (Å²) < 4.78 is 5.45. The lowest BCUT2D eigenvalue weighted by atomic mass is 9.95. The Bertz CT molecular complexity index is 1180. The van der Waals surface area contributed by atoms with E-state index in [0.29, 0.717) is 38.2 Å². The van der Waals surface area contributed by atoms with E-state index in [-0.39, 0.29) is 12.4 Å². The number of fused-ring (bicyclic) bond motifs is 1. The summed E-state index contributed by atoms with van der Waals surface area (Å²) in [5, 5.41) is 8.94. The average Bonchev–Trinajstić information content (AvgIpc) is 3.31. The maximum Gasteiger partial charge on any atom is 0.162 e. The lowest BCUT2D eigenvalue weighted by Gasteiger charge is -2.27. The van der Waals surface area contributed by atoms with Crippen LogP contribution in [0.1, 0.15) is 40.0 Å². The van der Waals surface area contributed by atoms with E-state index in [1.807, 2.05) is 30.3 Å². The van der Waals surface area contributed by atoms with Gasteiger partial charge in [0.1, 0.15) is 12.1 Å². The Balaban J connectivity index is 1.39. The number of hydrogen-bond acceptors (Lipinski definition) is 7. The molecule has 168 valence electrons. The Morgan fingerprint density at radius 2 is 1.79 bits per heavy atom. The second-order valence-corrected chi connectivity index (χ2v) is 8.23. The second kappa shape index (κ2) is 9.60. The van der Waals surface area contributed by atoms with Crippen molar-refractivity contribution in [3.63, 3.8) is 0 Å². The van der Waals surface area contributed by atoms with Crippen molar-refractivity contribution < 1.29 is 14.6 Å². The molecule has 0 radical (unpaired) electrons. The Labute approximate surface area is 192 Å². The van der Waals surface area contributed by atoms with Crippen LogP contribution in [-0.2, 0) is 11.3 Å². The number of rotatable bonds is 7. The highest BCUT2D eigenvalue weighted by molar-refractivity contribution is 6.14. The zero-order valence-corrected chi connectivity index (χ0v) is 18.4. The zero-order chi connectivity index (χ0) is 22.6. The number of benzene rings is 2. The first kappa shape index (κ1) is 21.4. The normalized spacial score (nSPS) is 15.3. The van der Waals surface area contributed by atoms with Gasteiger partial charge in [0.2, 0.25) is 0 Å². The summed E-state index contributed by atoms with van der Waals surface area (Å²) in [6.45, 7) is 3.73. The predicted molar refractivity (Wildman–Crippen MR) is 127 cm³/mol. The first-order valence-corrected chi connectivity index (χ1v) is 11.3. The molecule has 5 rings (SSSR count). The predicted octanol–water partition coefficient (Wildman–Crippen LogP) is 3.29. The quantitative estimate of drug-likeness (QED) is 0.565. The number of aliphatic hydroxyl groups is 1. The fourth-order valence-corrected chi connectivity index (χ4v) is 4.26. The fraction of sp³-hybridized carbons (Fsp3) is 0.308. The molecule has 0 unspecified atom stereocenters. The highest BCUT2D eigenvalue weighted by Crippen LogP contribution is 2.29. The maximum absolute atomic E-state index is 12.2. The topological polar surface area (TPSA) is 87.9 Å². The van der Waals surface area contributed by atoms with Crippen molar-refractivity contribution >= 4 is 17.3 Å². The molecule has 0 atom stereocenters. The van der Waals surface area contributed by atoms with E-state index in [4.69, 9.17) is 14.8 Å². The van der Waals surface area contributed by atoms with Crippen LogP contribution in [0.4, 0.5) is 5.82 Å². The van der Waals surface area contributed by atoms with Gasteiger partial charge in [-0.25, -0.2) is 9.97 Å². The number of Topliss-reactive ketones (excluding diaryl/α,β-unsaturated/α-hetero) is 1. The van der Waals surface area contributed by atoms with Crippen LogP contribution >= 0.6 is 0 Å².